The molecule has 0 amide bonds. The maximum Gasteiger partial charge on any atom is 0.230 e. The predicted molar refractivity (Wildman–Crippen MR) is 105 cm³/mol. The first-order valence-electron chi connectivity index (χ1n) is 9.79. The highest BCUT2D eigenvalue weighted by atomic mass is 16.5. The van der Waals surface area contributed by atoms with E-state index >= 15 is 0 Å². The number of ether oxygens (including phenoxy) is 1. The molecule has 6 heteroatoms. The number of carbonyl (C=O) groups is 1. The summed E-state index contributed by atoms with van der Waals surface area (Å²) in [5.41, 5.74) is 1.70. The molecule has 0 bridgehead atoms. The number of ketones is 1. The lowest BCUT2D eigenvalue weighted by Crippen LogP contribution is -2.41. The van der Waals surface area contributed by atoms with Gasteiger partial charge in [-0.2, -0.15) is 4.57 Å². The average molecular weight is 377 g/mol. The Kier molecular flexibility index (Phi) is 5.19. The topological polar surface area (TPSA) is 60.9 Å². The van der Waals surface area contributed by atoms with Gasteiger partial charge in [0.1, 0.15) is 11.6 Å². The number of rotatable bonds is 5. The van der Waals surface area contributed by atoms with Crippen LogP contribution in [0.15, 0.2) is 48.8 Å². The van der Waals surface area contributed by atoms with Gasteiger partial charge in [0.15, 0.2) is 18.2 Å². The number of methoxy groups -OCH3 is 1. The average Bonchev–Trinajstić information content (AvgIpc) is 3.01. The van der Waals surface area contributed by atoms with Gasteiger partial charge in [-0.15, -0.1) is 10.2 Å². The molecule has 0 fully saturated rings. The Morgan fingerprint density at radius 3 is 2.54 bits per heavy atom. The Bertz CT molecular complexity index is 961. The fourth-order valence-electron chi connectivity index (χ4n) is 3.68. The van der Waals surface area contributed by atoms with Gasteiger partial charge in [-0.1, -0.05) is 6.42 Å². The van der Waals surface area contributed by atoms with Gasteiger partial charge >= 0.3 is 0 Å². The lowest BCUT2D eigenvalue weighted by Gasteiger charge is -2.09. The SMILES string of the molecule is COc1ccc(C(=O)C(C)[n+]2ccc(-c3nnc4n3CCCCC4)cc2)cc1. The first-order valence-corrected chi connectivity index (χ1v) is 9.79. The van der Waals surface area contributed by atoms with E-state index in [1.54, 1.807) is 19.2 Å². The summed E-state index contributed by atoms with van der Waals surface area (Å²) < 4.78 is 9.32. The molecule has 0 N–H and O–H groups in total. The summed E-state index contributed by atoms with van der Waals surface area (Å²) in [5.74, 6) is 2.80. The van der Waals surface area contributed by atoms with E-state index in [1.165, 1.54) is 12.8 Å². The van der Waals surface area contributed by atoms with E-state index < -0.39 is 0 Å². The minimum absolute atomic E-state index is 0.0664. The highest BCUT2D eigenvalue weighted by Gasteiger charge is 2.24. The zero-order chi connectivity index (χ0) is 19.5. The van der Waals surface area contributed by atoms with Crippen LogP contribution in [-0.2, 0) is 13.0 Å². The molecule has 28 heavy (non-hydrogen) atoms. The molecule has 1 unspecified atom stereocenters. The smallest absolute Gasteiger partial charge is 0.230 e. The van der Waals surface area contributed by atoms with Crippen LogP contribution < -0.4 is 9.30 Å². The van der Waals surface area contributed by atoms with E-state index in [0.29, 0.717) is 5.56 Å². The summed E-state index contributed by atoms with van der Waals surface area (Å²) in [7, 11) is 1.62. The van der Waals surface area contributed by atoms with Gasteiger partial charge in [0.2, 0.25) is 11.8 Å². The van der Waals surface area contributed by atoms with Crippen molar-refractivity contribution in [3.05, 3.63) is 60.2 Å². The Balaban J connectivity index is 1.54. The highest BCUT2D eigenvalue weighted by Crippen LogP contribution is 2.22. The van der Waals surface area contributed by atoms with Crippen LogP contribution in [0.25, 0.3) is 11.4 Å². The summed E-state index contributed by atoms with van der Waals surface area (Å²) in [4.78, 5) is 12.8. The van der Waals surface area contributed by atoms with Crippen molar-refractivity contribution < 1.29 is 14.1 Å². The molecule has 6 nitrogen and oxygen atoms in total. The van der Waals surface area contributed by atoms with E-state index in [2.05, 4.69) is 14.8 Å². The largest absolute Gasteiger partial charge is 0.497 e. The molecule has 3 heterocycles. The fourth-order valence-corrected chi connectivity index (χ4v) is 3.68. The summed E-state index contributed by atoms with van der Waals surface area (Å²) in [6, 6.07) is 11.0. The molecule has 1 aliphatic heterocycles. The van der Waals surface area contributed by atoms with Crippen molar-refractivity contribution in [2.75, 3.05) is 7.11 Å². The number of Topliss-reactive ketones (excluding diaryl/α,β-unsaturated/α-hetero) is 1. The van der Waals surface area contributed by atoms with E-state index in [-0.39, 0.29) is 11.8 Å². The van der Waals surface area contributed by atoms with Crippen LogP contribution in [-0.4, -0.2) is 27.7 Å². The van der Waals surface area contributed by atoms with Gasteiger partial charge in [0.05, 0.1) is 7.11 Å². The number of pyridine rings is 1. The minimum atomic E-state index is -0.294. The second-order valence-electron chi connectivity index (χ2n) is 7.20. The highest BCUT2D eigenvalue weighted by molar-refractivity contribution is 5.97. The number of hydrogen-bond acceptors (Lipinski definition) is 4. The third-order valence-electron chi connectivity index (χ3n) is 5.42. The summed E-state index contributed by atoms with van der Waals surface area (Å²) in [6.45, 7) is 2.88. The molecule has 144 valence electrons. The first kappa shape index (κ1) is 18.3. The second kappa shape index (κ2) is 7.92. The van der Waals surface area contributed by atoms with Crippen molar-refractivity contribution >= 4 is 5.78 Å². The zero-order valence-corrected chi connectivity index (χ0v) is 16.3. The zero-order valence-electron chi connectivity index (χ0n) is 16.3. The number of hydrogen-bond donors (Lipinski definition) is 0. The molecular weight excluding hydrogens is 352 g/mol. The summed E-state index contributed by atoms with van der Waals surface area (Å²) >= 11 is 0. The lowest BCUT2D eigenvalue weighted by molar-refractivity contribution is -0.704. The van der Waals surface area contributed by atoms with Gasteiger partial charge in [0, 0.05) is 43.1 Å². The molecule has 1 aliphatic rings. The molecule has 1 atom stereocenters. The van der Waals surface area contributed by atoms with Gasteiger partial charge in [0.25, 0.3) is 0 Å². The summed E-state index contributed by atoms with van der Waals surface area (Å²) in [5, 5.41) is 8.78. The molecule has 2 aromatic heterocycles. The number of aryl methyl sites for hydroxylation is 1. The molecular formula is C22H25N4O2+. The van der Waals surface area contributed by atoms with Crippen LogP contribution in [0, 0.1) is 0 Å². The van der Waals surface area contributed by atoms with Crippen molar-refractivity contribution in [1.82, 2.24) is 14.8 Å². The predicted octanol–water partition coefficient (Wildman–Crippen LogP) is 3.41. The van der Waals surface area contributed by atoms with Crippen LogP contribution in [0.4, 0.5) is 0 Å². The van der Waals surface area contributed by atoms with Gasteiger partial charge in [-0.25, -0.2) is 0 Å². The van der Waals surface area contributed by atoms with E-state index in [1.807, 2.05) is 48.1 Å². The van der Waals surface area contributed by atoms with Crippen molar-refractivity contribution in [3.8, 4) is 17.1 Å². The van der Waals surface area contributed by atoms with E-state index in [0.717, 1.165) is 42.3 Å². The van der Waals surface area contributed by atoms with Gasteiger partial charge in [-0.3, -0.25) is 4.79 Å². The number of aromatic nitrogens is 4. The molecule has 0 saturated carbocycles. The first-order chi connectivity index (χ1) is 13.7. The third-order valence-corrected chi connectivity index (χ3v) is 5.42. The number of fused-ring (bicyclic) bond motifs is 1. The van der Waals surface area contributed by atoms with Gasteiger partial charge < -0.3 is 9.30 Å². The molecule has 4 rings (SSSR count). The third kappa shape index (κ3) is 3.54. The normalized spacial score (nSPS) is 14.8. The summed E-state index contributed by atoms with van der Waals surface area (Å²) in [6.07, 6.45) is 8.46. The number of carbonyl (C=O) groups excluding carboxylic acids is 1. The Hall–Kier alpha value is -3.02. The molecule has 0 radical (unpaired) electrons. The van der Waals surface area contributed by atoms with E-state index in [4.69, 9.17) is 4.74 Å². The maximum absolute atomic E-state index is 12.8. The molecule has 0 saturated heterocycles. The molecule has 1 aromatic carbocycles. The molecule has 0 spiro atoms. The monoisotopic (exact) mass is 377 g/mol. The minimum Gasteiger partial charge on any atom is -0.497 e. The maximum atomic E-state index is 12.8. The van der Waals surface area contributed by atoms with Crippen molar-refractivity contribution in [3.63, 3.8) is 0 Å². The fraction of sp³-hybridized carbons (Fsp3) is 0.364. The molecule has 0 aliphatic carbocycles. The Labute approximate surface area is 164 Å². The standard InChI is InChI=1S/C22H25N4O2/c1-16(21(27)17-7-9-19(28-2)10-8-17)25-14-11-18(12-15-25)22-24-23-20-6-4-3-5-13-26(20)22/h7-12,14-16H,3-6,13H2,1-2H3/q+1. The molecule has 3 aromatic rings. The Morgan fingerprint density at radius 1 is 1.07 bits per heavy atom. The van der Waals surface area contributed by atoms with Crippen LogP contribution in [0.2, 0.25) is 0 Å². The number of benzene rings is 1. The van der Waals surface area contributed by atoms with Gasteiger partial charge in [-0.05, 0) is 37.1 Å². The van der Waals surface area contributed by atoms with Crippen molar-refractivity contribution in [1.29, 1.82) is 0 Å². The van der Waals surface area contributed by atoms with E-state index in [9.17, 15) is 4.79 Å². The van der Waals surface area contributed by atoms with Crippen LogP contribution in [0.5, 0.6) is 5.75 Å². The quantitative estimate of drug-likeness (QED) is 0.505. The van der Waals surface area contributed by atoms with Crippen LogP contribution in [0.1, 0.15) is 48.4 Å². The van der Waals surface area contributed by atoms with Crippen molar-refractivity contribution in [2.45, 2.75) is 45.2 Å². The number of nitrogens with zero attached hydrogens (tertiary/aromatic N) is 4. The van der Waals surface area contributed by atoms with Crippen LogP contribution >= 0.6 is 0 Å². The lowest BCUT2D eigenvalue weighted by atomic mass is 10.0. The Morgan fingerprint density at radius 2 is 1.82 bits per heavy atom. The second-order valence-corrected chi connectivity index (χ2v) is 7.20. The van der Waals surface area contributed by atoms with Crippen molar-refractivity contribution in [2.24, 2.45) is 0 Å². The van der Waals surface area contributed by atoms with Crippen LogP contribution in [0.3, 0.4) is 0 Å².